The minimum Gasteiger partial charge on any atom is -0.257 e. The summed E-state index contributed by atoms with van der Waals surface area (Å²) < 4.78 is 14.4. The van der Waals surface area contributed by atoms with Gasteiger partial charge in [-0.05, 0) is 23.8 Å². The standard InChI is InChI=1S/C21H17FN2/c22-19-14-8-7-13-18(19)21-15-20(16-9-3-1-4-10-16)23-24(21)17-11-5-2-6-12-17/h1-14,21H,15H2/t21-/m0/s1. The van der Waals surface area contributed by atoms with Gasteiger partial charge in [-0.1, -0.05) is 66.7 Å². The Balaban J connectivity index is 1.78. The number of para-hydroxylation sites is 1. The van der Waals surface area contributed by atoms with E-state index < -0.39 is 0 Å². The molecule has 0 amide bonds. The molecule has 0 bridgehead atoms. The van der Waals surface area contributed by atoms with Crippen LogP contribution in [-0.4, -0.2) is 5.71 Å². The molecule has 0 saturated heterocycles. The Bertz CT molecular complexity index is 859. The van der Waals surface area contributed by atoms with Gasteiger partial charge < -0.3 is 0 Å². The molecule has 1 atom stereocenters. The Hall–Kier alpha value is -2.94. The maximum Gasteiger partial charge on any atom is 0.128 e. The Kier molecular flexibility index (Phi) is 3.83. The first-order valence-corrected chi connectivity index (χ1v) is 8.04. The molecule has 3 aromatic carbocycles. The van der Waals surface area contributed by atoms with Crippen LogP contribution in [0.25, 0.3) is 0 Å². The van der Waals surface area contributed by atoms with Crippen LogP contribution in [0, 0.1) is 5.82 Å². The van der Waals surface area contributed by atoms with Crippen molar-refractivity contribution in [3.8, 4) is 0 Å². The quantitative estimate of drug-likeness (QED) is 0.650. The molecule has 2 nitrogen and oxygen atoms in total. The van der Waals surface area contributed by atoms with Gasteiger partial charge in [-0.25, -0.2) is 4.39 Å². The summed E-state index contributed by atoms with van der Waals surface area (Å²) in [5.74, 6) is -0.187. The second-order valence-corrected chi connectivity index (χ2v) is 5.83. The van der Waals surface area contributed by atoms with E-state index in [1.807, 2.05) is 77.8 Å². The van der Waals surface area contributed by atoms with Crippen molar-refractivity contribution >= 4 is 11.4 Å². The zero-order valence-electron chi connectivity index (χ0n) is 13.1. The molecule has 0 N–H and O–H groups in total. The van der Waals surface area contributed by atoms with Crippen molar-refractivity contribution in [1.29, 1.82) is 0 Å². The van der Waals surface area contributed by atoms with E-state index in [1.165, 1.54) is 6.07 Å². The average Bonchev–Trinajstić information content (AvgIpc) is 3.09. The lowest BCUT2D eigenvalue weighted by Gasteiger charge is -2.24. The predicted molar refractivity (Wildman–Crippen MR) is 95.7 cm³/mol. The number of halogens is 1. The lowest BCUT2D eigenvalue weighted by molar-refractivity contribution is 0.579. The number of benzene rings is 3. The van der Waals surface area contributed by atoms with E-state index in [0.29, 0.717) is 12.0 Å². The van der Waals surface area contributed by atoms with Crippen LogP contribution in [0.5, 0.6) is 0 Å². The lowest BCUT2D eigenvalue weighted by atomic mass is 9.98. The molecule has 24 heavy (non-hydrogen) atoms. The largest absolute Gasteiger partial charge is 0.257 e. The molecular weight excluding hydrogens is 299 g/mol. The second-order valence-electron chi connectivity index (χ2n) is 5.83. The molecule has 3 heteroatoms. The normalized spacial score (nSPS) is 17.0. The van der Waals surface area contributed by atoms with E-state index >= 15 is 0 Å². The zero-order chi connectivity index (χ0) is 16.4. The minimum atomic E-state index is -0.187. The predicted octanol–water partition coefficient (Wildman–Crippen LogP) is 5.18. The summed E-state index contributed by atoms with van der Waals surface area (Å²) in [6.45, 7) is 0. The van der Waals surface area contributed by atoms with Crippen LogP contribution in [0.3, 0.4) is 0 Å². The van der Waals surface area contributed by atoms with Gasteiger partial charge in [0.25, 0.3) is 0 Å². The number of hydrogen-bond donors (Lipinski definition) is 0. The third-order valence-electron chi connectivity index (χ3n) is 4.30. The van der Waals surface area contributed by atoms with E-state index in [2.05, 4.69) is 0 Å². The molecule has 118 valence electrons. The maximum atomic E-state index is 14.4. The molecule has 3 aromatic rings. The molecule has 0 aliphatic carbocycles. The van der Waals surface area contributed by atoms with E-state index in [4.69, 9.17) is 5.10 Å². The lowest BCUT2D eigenvalue weighted by Crippen LogP contribution is -2.19. The monoisotopic (exact) mass is 316 g/mol. The van der Waals surface area contributed by atoms with Crippen LogP contribution in [0.1, 0.15) is 23.6 Å². The molecule has 1 aliphatic heterocycles. The highest BCUT2D eigenvalue weighted by molar-refractivity contribution is 6.03. The van der Waals surface area contributed by atoms with Gasteiger partial charge >= 0.3 is 0 Å². The molecule has 0 aromatic heterocycles. The van der Waals surface area contributed by atoms with Crippen molar-refractivity contribution in [3.05, 3.63) is 102 Å². The first kappa shape index (κ1) is 14.6. The van der Waals surface area contributed by atoms with E-state index in [9.17, 15) is 4.39 Å². The van der Waals surface area contributed by atoms with Crippen LogP contribution < -0.4 is 5.01 Å². The molecule has 0 fully saturated rings. The molecule has 0 radical (unpaired) electrons. The van der Waals surface area contributed by atoms with Gasteiger partial charge in [-0.15, -0.1) is 0 Å². The van der Waals surface area contributed by atoms with Gasteiger partial charge in [0.15, 0.2) is 0 Å². The summed E-state index contributed by atoms with van der Waals surface area (Å²) in [6.07, 6.45) is 0.680. The molecule has 0 spiro atoms. The van der Waals surface area contributed by atoms with Gasteiger partial charge in [-0.3, -0.25) is 5.01 Å². The number of nitrogens with zero attached hydrogens (tertiary/aromatic N) is 2. The molecule has 1 heterocycles. The SMILES string of the molecule is Fc1ccccc1[C@@H]1CC(c2ccccc2)=NN1c1ccccc1. The smallest absolute Gasteiger partial charge is 0.128 e. The second kappa shape index (κ2) is 6.28. The summed E-state index contributed by atoms with van der Waals surface area (Å²) in [5.41, 5.74) is 3.71. The Morgan fingerprint density at radius 1 is 0.792 bits per heavy atom. The first-order chi connectivity index (χ1) is 11.8. The minimum absolute atomic E-state index is 0.135. The van der Waals surface area contributed by atoms with E-state index in [-0.39, 0.29) is 11.9 Å². The van der Waals surface area contributed by atoms with Gasteiger partial charge in [-0.2, -0.15) is 5.10 Å². The third-order valence-corrected chi connectivity index (χ3v) is 4.30. The van der Waals surface area contributed by atoms with Crippen LogP contribution >= 0.6 is 0 Å². The van der Waals surface area contributed by atoms with Crippen LogP contribution in [0.4, 0.5) is 10.1 Å². The fraction of sp³-hybridized carbons (Fsp3) is 0.0952. The topological polar surface area (TPSA) is 15.6 Å². The van der Waals surface area contributed by atoms with Gasteiger partial charge in [0.05, 0.1) is 17.4 Å². The molecule has 0 unspecified atom stereocenters. The van der Waals surface area contributed by atoms with Crippen molar-refractivity contribution in [1.82, 2.24) is 0 Å². The third kappa shape index (κ3) is 2.69. The van der Waals surface area contributed by atoms with Gasteiger partial charge in [0.2, 0.25) is 0 Å². The van der Waals surface area contributed by atoms with Gasteiger partial charge in [0.1, 0.15) is 5.82 Å². The summed E-state index contributed by atoms with van der Waals surface area (Å²) in [6, 6.07) is 26.8. The Morgan fingerprint density at radius 2 is 1.42 bits per heavy atom. The fourth-order valence-corrected chi connectivity index (χ4v) is 3.12. The van der Waals surface area contributed by atoms with E-state index in [1.54, 1.807) is 6.07 Å². The number of hydrogen-bond acceptors (Lipinski definition) is 2. The molecule has 1 aliphatic rings. The number of anilines is 1. The zero-order valence-corrected chi connectivity index (χ0v) is 13.1. The highest BCUT2D eigenvalue weighted by atomic mass is 19.1. The maximum absolute atomic E-state index is 14.4. The molecule has 0 saturated carbocycles. The Morgan fingerprint density at radius 3 is 2.12 bits per heavy atom. The van der Waals surface area contributed by atoms with Crippen molar-refractivity contribution < 1.29 is 4.39 Å². The average molecular weight is 316 g/mol. The molecular formula is C21H17FN2. The number of rotatable bonds is 3. The first-order valence-electron chi connectivity index (χ1n) is 8.04. The highest BCUT2D eigenvalue weighted by Gasteiger charge is 2.31. The van der Waals surface area contributed by atoms with Crippen LogP contribution in [0.2, 0.25) is 0 Å². The summed E-state index contributed by atoms with van der Waals surface area (Å²) in [5, 5.41) is 6.74. The van der Waals surface area contributed by atoms with Crippen molar-refractivity contribution in [2.45, 2.75) is 12.5 Å². The van der Waals surface area contributed by atoms with Crippen LogP contribution in [-0.2, 0) is 0 Å². The number of hydrazone groups is 1. The van der Waals surface area contributed by atoms with Crippen LogP contribution in [0.15, 0.2) is 90.0 Å². The van der Waals surface area contributed by atoms with Crippen molar-refractivity contribution in [2.24, 2.45) is 5.10 Å². The van der Waals surface area contributed by atoms with E-state index in [0.717, 1.165) is 17.0 Å². The Labute approximate surface area is 140 Å². The highest BCUT2D eigenvalue weighted by Crippen LogP contribution is 2.37. The fourth-order valence-electron chi connectivity index (χ4n) is 3.12. The van der Waals surface area contributed by atoms with Crippen molar-refractivity contribution in [2.75, 3.05) is 5.01 Å². The van der Waals surface area contributed by atoms with Crippen molar-refractivity contribution in [3.63, 3.8) is 0 Å². The summed E-state index contributed by atoms with van der Waals surface area (Å²) in [4.78, 5) is 0. The molecule has 4 rings (SSSR count). The van der Waals surface area contributed by atoms with Gasteiger partial charge in [0, 0.05) is 12.0 Å². The summed E-state index contributed by atoms with van der Waals surface area (Å²) >= 11 is 0. The summed E-state index contributed by atoms with van der Waals surface area (Å²) in [7, 11) is 0.